The van der Waals surface area contributed by atoms with E-state index in [1.54, 1.807) is 60.2 Å². The molecule has 10 heteroatoms. The second-order valence-corrected chi connectivity index (χ2v) is 13.1. The first kappa shape index (κ1) is 31.1. The van der Waals surface area contributed by atoms with Gasteiger partial charge in [0.05, 0.1) is 10.0 Å². The molecular formula is C32H32Cl4FN3O2. The van der Waals surface area contributed by atoms with Crippen LogP contribution in [0, 0.1) is 5.82 Å². The van der Waals surface area contributed by atoms with Crippen molar-refractivity contribution in [3.8, 4) is 0 Å². The quantitative estimate of drug-likeness (QED) is 0.260. The molecular weight excluding hydrogens is 619 g/mol. The lowest BCUT2D eigenvalue weighted by atomic mass is 9.74. The molecule has 1 atom stereocenters. The number of benzene rings is 3. The van der Waals surface area contributed by atoms with Crippen molar-refractivity contribution in [1.29, 1.82) is 0 Å². The van der Waals surface area contributed by atoms with Gasteiger partial charge in [0.1, 0.15) is 5.82 Å². The molecule has 5 rings (SSSR count). The summed E-state index contributed by atoms with van der Waals surface area (Å²) in [5, 5.41) is 1.76. The van der Waals surface area contributed by atoms with E-state index in [2.05, 4.69) is 4.90 Å². The van der Waals surface area contributed by atoms with E-state index in [1.165, 1.54) is 6.07 Å². The highest BCUT2D eigenvalue weighted by Gasteiger charge is 2.45. The Kier molecular flexibility index (Phi) is 9.41. The average Bonchev–Trinajstić information content (AvgIpc) is 3.25. The third-order valence-corrected chi connectivity index (χ3v) is 9.81. The van der Waals surface area contributed by atoms with Crippen molar-refractivity contribution >= 4 is 63.9 Å². The molecule has 0 saturated carbocycles. The van der Waals surface area contributed by atoms with Gasteiger partial charge in [-0.1, -0.05) is 52.5 Å². The van der Waals surface area contributed by atoms with Gasteiger partial charge in [0.2, 0.25) is 5.91 Å². The number of halogens is 5. The first-order valence-corrected chi connectivity index (χ1v) is 15.4. The Morgan fingerprint density at radius 1 is 0.952 bits per heavy atom. The van der Waals surface area contributed by atoms with Crippen LogP contribution in [0.1, 0.15) is 53.6 Å². The highest BCUT2D eigenvalue weighted by atomic mass is 35.5. The van der Waals surface area contributed by atoms with Crippen LogP contribution in [-0.4, -0.2) is 61.4 Å². The maximum atomic E-state index is 14.3. The van der Waals surface area contributed by atoms with Crippen molar-refractivity contribution in [2.45, 2.75) is 37.5 Å². The van der Waals surface area contributed by atoms with Gasteiger partial charge in [0.15, 0.2) is 0 Å². The van der Waals surface area contributed by atoms with Crippen LogP contribution in [0.25, 0.3) is 0 Å². The first-order valence-electron chi connectivity index (χ1n) is 13.9. The predicted octanol–water partition coefficient (Wildman–Crippen LogP) is 8.09. The summed E-state index contributed by atoms with van der Waals surface area (Å²) in [6.45, 7) is 5.06. The van der Waals surface area contributed by atoms with E-state index in [-0.39, 0.29) is 29.0 Å². The number of piperidine rings is 1. The average molecular weight is 651 g/mol. The lowest BCUT2D eigenvalue weighted by molar-refractivity contribution is -0.116. The molecule has 3 aromatic rings. The molecule has 2 aliphatic rings. The summed E-state index contributed by atoms with van der Waals surface area (Å²) in [7, 11) is 1.77. The molecule has 0 radical (unpaired) electrons. The molecule has 0 aliphatic carbocycles. The summed E-state index contributed by atoms with van der Waals surface area (Å²) in [5.74, 6) is -0.477. The third kappa shape index (κ3) is 6.58. The van der Waals surface area contributed by atoms with Gasteiger partial charge in [-0.05, 0) is 98.6 Å². The number of fused-ring (bicyclic) bond motifs is 2. The lowest BCUT2D eigenvalue weighted by Crippen LogP contribution is -2.46. The number of nitrogens with zero attached hydrogens (tertiary/aromatic N) is 3. The number of hydrogen-bond acceptors (Lipinski definition) is 3. The minimum absolute atomic E-state index is 0.00577. The highest BCUT2D eigenvalue weighted by Crippen LogP contribution is 2.47. The minimum atomic E-state index is -0.274. The number of hydrogen-bond donors (Lipinski definition) is 0. The molecule has 0 bridgehead atoms. The van der Waals surface area contributed by atoms with Crippen LogP contribution in [0.5, 0.6) is 0 Å². The van der Waals surface area contributed by atoms with Gasteiger partial charge in [-0.15, -0.1) is 0 Å². The molecule has 3 aromatic carbocycles. The summed E-state index contributed by atoms with van der Waals surface area (Å²) >= 11 is 24.9. The van der Waals surface area contributed by atoms with E-state index in [4.69, 9.17) is 46.4 Å². The van der Waals surface area contributed by atoms with Gasteiger partial charge in [-0.2, -0.15) is 0 Å². The van der Waals surface area contributed by atoms with Crippen molar-refractivity contribution < 1.29 is 14.0 Å². The van der Waals surface area contributed by atoms with E-state index in [0.717, 1.165) is 55.7 Å². The van der Waals surface area contributed by atoms with Crippen molar-refractivity contribution in [3.05, 3.63) is 97.2 Å². The Bertz CT molecular complexity index is 1490. The normalized spacial score (nSPS) is 16.9. The summed E-state index contributed by atoms with van der Waals surface area (Å²) < 4.78 is 14.3. The molecule has 0 aromatic heterocycles. The SMILES string of the molecule is CC(=O)N1CC2(CCN(CC[C@H](CN(C)C(=O)c3cc(Cl)cc(Cl)c3)c3ccc(Cl)c(Cl)c3)CC2)c2cc(F)ccc21. The maximum absolute atomic E-state index is 14.3. The topological polar surface area (TPSA) is 43.9 Å². The van der Waals surface area contributed by atoms with E-state index in [1.807, 2.05) is 12.1 Å². The molecule has 5 nitrogen and oxygen atoms in total. The zero-order valence-electron chi connectivity index (χ0n) is 23.5. The van der Waals surface area contributed by atoms with Crippen molar-refractivity contribution in [2.75, 3.05) is 44.7 Å². The smallest absolute Gasteiger partial charge is 0.253 e. The van der Waals surface area contributed by atoms with Gasteiger partial charge in [0, 0.05) is 59.7 Å². The minimum Gasteiger partial charge on any atom is -0.341 e. The van der Waals surface area contributed by atoms with Crippen LogP contribution < -0.4 is 4.90 Å². The Balaban J connectivity index is 1.29. The van der Waals surface area contributed by atoms with Gasteiger partial charge >= 0.3 is 0 Å². The largest absolute Gasteiger partial charge is 0.341 e. The summed E-state index contributed by atoms with van der Waals surface area (Å²) in [4.78, 5) is 31.5. The number of likely N-dealkylation sites (N-methyl/N-ethyl adjacent to an activating group) is 1. The molecule has 0 unspecified atom stereocenters. The zero-order valence-corrected chi connectivity index (χ0v) is 26.5. The summed E-state index contributed by atoms with van der Waals surface area (Å²) in [6, 6.07) is 15.2. The molecule has 0 N–H and O–H groups in total. The monoisotopic (exact) mass is 649 g/mol. The van der Waals surface area contributed by atoms with Crippen LogP contribution in [0.2, 0.25) is 20.1 Å². The van der Waals surface area contributed by atoms with Crippen LogP contribution in [-0.2, 0) is 10.2 Å². The number of carbonyl (C=O) groups excluding carboxylic acids is 2. The van der Waals surface area contributed by atoms with Gasteiger partial charge < -0.3 is 14.7 Å². The molecule has 222 valence electrons. The number of amides is 2. The summed E-state index contributed by atoms with van der Waals surface area (Å²) in [5.41, 5.74) is 2.95. The van der Waals surface area contributed by atoms with E-state index in [9.17, 15) is 14.0 Å². The standard InChI is InChI=1S/C32H32Cl4FN3O2/c1-20(41)40-19-32(27-17-26(37)4-6-30(27)40)8-11-39(12-9-32)10-7-22(21-3-5-28(35)29(36)15-21)18-38(2)31(42)23-13-24(33)16-25(34)14-23/h3-6,13-17,22H,7-12,18-19H2,1-2H3/t22-/m1/s1. The fourth-order valence-electron chi connectivity index (χ4n) is 6.33. The van der Waals surface area contributed by atoms with E-state index < -0.39 is 0 Å². The Labute approximate surface area is 266 Å². The molecule has 1 saturated heterocycles. The van der Waals surface area contributed by atoms with Gasteiger partial charge in [-0.3, -0.25) is 9.59 Å². The number of anilines is 1. The first-order chi connectivity index (χ1) is 20.0. The molecule has 2 heterocycles. The second kappa shape index (κ2) is 12.7. The molecule has 42 heavy (non-hydrogen) atoms. The van der Waals surface area contributed by atoms with Crippen molar-refractivity contribution in [1.82, 2.24) is 9.80 Å². The fraction of sp³-hybridized carbons (Fsp3) is 0.375. The Morgan fingerprint density at radius 2 is 1.64 bits per heavy atom. The van der Waals surface area contributed by atoms with E-state index in [0.29, 0.717) is 38.7 Å². The Hall–Kier alpha value is -2.35. The number of rotatable bonds is 7. The van der Waals surface area contributed by atoms with Gasteiger partial charge in [-0.25, -0.2) is 4.39 Å². The van der Waals surface area contributed by atoms with E-state index >= 15 is 0 Å². The van der Waals surface area contributed by atoms with Crippen LogP contribution in [0.3, 0.4) is 0 Å². The molecule has 1 spiro atoms. The second-order valence-electron chi connectivity index (χ2n) is 11.4. The third-order valence-electron chi connectivity index (χ3n) is 8.63. The van der Waals surface area contributed by atoms with Crippen LogP contribution >= 0.6 is 46.4 Å². The molecule has 2 aliphatic heterocycles. The summed E-state index contributed by atoms with van der Waals surface area (Å²) in [6.07, 6.45) is 2.45. The van der Waals surface area contributed by atoms with Crippen molar-refractivity contribution in [3.63, 3.8) is 0 Å². The van der Waals surface area contributed by atoms with Crippen molar-refractivity contribution in [2.24, 2.45) is 0 Å². The number of carbonyl (C=O) groups is 2. The van der Waals surface area contributed by atoms with Crippen LogP contribution in [0.15, 0.2) is 54.6 Å². The van der Waals surface area contributed by atoms with Crippen LogP contribution in [0.4, 0.5) is 10.1 Å². The molecule has 2 amide bonds. The zero-order chi connectivity index (χ0) is 30.2. The fourth-order valence-corrected chi connectivity index (χ4v) is 7.17. The maximum Gasteiger partial charge on any atom is 0.253 e. The van der Waals surface area contributed by atoms with Gasteiger partial charge in [0.25, 0.3) is 5.91 Å². The highest BCUT2D eigenvalue weighted by molar-refractivity contribution is 6.42. The Morgan fingerprint density at radius 3 is 2.29 bits per heavy atom. The predicted molar refractivity (Wildman–Crippen MR) is 169 cm³/mol. The number of likely N-dealkylation sites (tertiary alicyclic amines) is 1. The lowest BCUT2D eigenvalue weighted by Gasteiger charge is -2.40. The molecule has 1 fully saturated rings.